The SMILES string of the molecule is O=C(NC(CO)C(=O)NCCCO)OCC1c2ccccc2-c2ccccc21. The maximum atomic E-state index is 12.2. The second kappa shape index (κ2) is 9.34. The van der Waals surface area contributed by atoms with E-state index < -0.39 is 24.6 Å². The Morgan fingerprint density at radius 2 is 1.61 bits per heavy atom. The molecular formula is C21H24N2O5. The van der Waals surface area contributed by atoms with Gasteiger partial charge in [-0.1, -0.05) is 48.5 Å². The number of rotatable bonds is 8. The van der Waals surface area contributed by atoms with Crippen LogP contribution in [-0.2, 0) is 9.53 Å². The molecule has 0 fully saturated rings. The third-order valence-corrected chi connectivity index (χ3v) is 4.77. The Bertz CT molecular complexity index is 794. The first kappa shape index (κ1) is 19.9. The summed E-state index contributed by atoms with van der Waals surface area (Å²) in [6.45, 7) is -0.207. The number of aliphatic hydroxyl groups excluding tert-OH is 2. The zero-order valence-electron chi connectivity index (χ0n) is 15.4. The molecule has 0 bridgehead atoms. The number of aliphatic hydroxyl groups is 2. The maximum absolute atomic E-state index is 12.2. The van der Waals surface area contributed by atoms with Crippen LogP contribution in [0.5, 0.6) is 0 Å². The highest BCUT2D eigenvalue weighted by molar-refractivity contribution is 5.85. The fraction of sp³-hybridized carbons (Fsp3) is 0.333. The number of hydrogen-bond acceptors (Lipinski definition) is 5. The molecule has 148 valence electrons. The largest absolute Gasteiger partial charge is 0.449 e. The molecular weight excluding hydrogens is 360 g/mol. The van der Waals surface area contributed by atoms with E-state index in [9.17, 15) is 14.7 Å². The summed E-state index contributed by atoms with van der Waals surface area (Å²) < 4.78 is 5.37. The molecule has 2 aromatic rings. The van der Waals surface area contributed by atoms with Crippen molar-refractivity contribution >= 4 is 12.0 Å². The number of carbonyl (C=O) groups is 2. The molecule has 1 atom stereocenters. The molecule has 2 aromatic carbocycles. The third kappa shape index (κ3) is 4.32. The fourth-order valence-corrected chi connectivity index (χ4v) is 3.39. The zero-order valence-corrected chi connectivity index (χ0v) is 15.4. The minimum absolute atomic E-state index is 0.0517. The molecule has 1 unspecified atom stereocenters. The van der Waals surface area contributed by atoms with Gasteiger partial charge in [0.2, 0.25) is 5.91 Å². The van der Waals surface area contributed by atoms with Gasteiger partial charge in [0.25, 0.3) is 0 Å². The summed E-state index contributed by atoms with van der Waals surface area (Å²) in [6.07, 6.45) is -0.368. The van der Waals surface area contributed by atoms with Crippen molar-refractivity contribution in [1.82, 2.24) is 10.6 Å². The van der Waals surface area contributed by atoms with E-state index in [4.69, 9.17) is 9.84 Å². The topological polar surface area (TPSA) is 108 Å². The van der Waals surface area contributed by atoms with E-state index in [1.54, 1.807) is 0 Å². The summed E-state index contributed by atoms with van der Waals surface area (Å²) in [5.74, 6) is -0.603. The number of nitrogens with one attached hydrogen (secondary N) is 2. The van der Waals surface area contributed by atoms with E-state index in [1.165, 1.54) is 0 Å². The number of carbonyl (C=O) groups excluding carboxylic acids is 2. The van der Waals surface area contributed by atoms with Crippen LogP contribution in [-0.4, -0.2) is 54.6 Å². The van der Waals surface area contributed by atoms with Crippen molar-refractivity contribution in [3.63, 3.8) is 0 Å². The fourth-order valence-electron chi connectivity index (χ4n) is 3.39. The highest BCUT2D eigenvalue weighted by Gasteiger charge is 2.29. The van der Waals surface area contributed by atoms with Crippen molar-refractivity contribution in [2.45, 2.75) is 18.4 Å². The van der Waals surface area contributed by atoms with Crippen LogP contribution in [0.3, 0.4) is 0 Å². The number of ether oxygens (including phenoxy) is 1. The minimum Gasteiger partial charge on any atom is -0.449 e. The monoisotopic (exact) mass is 384 g/mol. The van der Waals surface area contributed by atoms with Crippen LogP contribution < -0.4 is 10.6 Å². The first-order chi connectivity index (χ1) is 13.7. The highest BCUT2D eigenvalue weighted by Crippen LogP contribution is 2.44. The maximum Gasteiger partial charge on any atom is 0.407 e. The lowest BCUT2D eigenvalue weighted by Gasteiger charge is -2.18. The molecule has 7 heteroatoms. The predicted octanol–water partition coefficient (Wildman–Crippen LogP) is 1.38. The van der Waals surface area contributed by atoms with Crippen LogP contribution in [0, 0.1) is 0 Å². The minimum atomic E-state index is -1.10. The average molecular weight is 384 g/mol. The summed E-state index contributed by atoms with van der Waals surface area (Å²) in [5.41, 5.74) is 4.45. The van der Waals surface area contributed by atoms with E-state index in [0.717, 1.165) is 22.3 Å². The average Bonchev–Trinajstić information content (AvgIpc) is 3.04. The second-order valence-electron chi connectivity index (χ2n) is 6.57. The van der Waals surface area contributed by atoms with Crippen molar-refractivity contribution < 1.29 is 24.5 Å². The van der Waals surface area contributed by atoms with E-state index >= 15 is 0 Å². The van der Waals surface area contributed by atoms with Crippen molar-refractivity contribution in [3.8, 4) is 11.1 Å². The number of benzene rings is 2. The molecule has 7 nitrogen and oxygen atoms in total. The van der Waals surface area contributed by atoms with Crippen molar-refractivity contribution in [2.24, 2.45) is 0 Å². The van der Waals surface area contributed by atoms with Crippen LogP contribution in [0.25, 0.3) is 11.1 Å². The smallest absolute Gasteiger partial charge is 0.407 e. The number of alkyl carbamates (subject to hydrolysis) is 1. The summed E-state index contributed by atoms with van der Waals surface area (Å²) in [4.78, 5) is 24.1. The van der Waals surface area contributed by atoms with Crippen LogP contribution in [0.1, 0.15) is 23.5 Å². The molecule has 0 aromatic heterocycles. The van der Waals surface area contributed by atoms with Gasteiger partial charge in [0.1, 0.15) is 12.6 Å². The van der Waals surface area contributed by atoms with Gasteiger partial charge in [0.05, 0.1) is 6.61 Å². The molecule has 0 saturated heterocycles. The molecule has 1 aliphatic rings. The van der Waals surface area contributed by atoms with Crippen LogP contribution in [0.4, 0.5) is 4.79 Å². The quantitative estimate of drug-likeness (QED) is 0.515. The van der Waals surface area contributed by atoms with Crippen LogP contribution >= 0.6 is 0 Å². The van der Waals surface area contributed by atoms with Gasteiger partial charge in [-0.3, -0.25) is 4.79 Å². The van der Waals surface area contributed by atoms with Gasteiger partial charge >= 0.3 is 6.09 Å². The van der Waals surface area contributed by atoms with Gasteiger partial charge < -0.3 is 25.6 Å². The lowest BCUT2D eigenvalue weighted by atomic mass is 9.98. The van der Waals surface area contributed by atoms with Crippen LogP contribution in [0.15, 0.2) is 48.5 Å². The second-order valence-corrected chi connectivity index (χ2v) is 6.57. The lowest BCUT2D eigenvalue weighted by molar-refractivity contribution is -0.124. The predicted molar refractivity (Wildman–Crippen MR) is 104 cm³/mol. The molecule has 28 heavy (non-hydrogen) atoms. The van der Waals surface area contributed by atoms with Gasteiger partial charge in [0, 0.05) is 19.1 Å². The molecule has 2 amide bonds. The van der Waals surface area contributed by atoms with E-state index in [1.807, 2.05) is 48.5 Å². The normalized spacial score (nSPS) is 13.4. The summed E-state index contributed by atoms with van der Waals surface area (Å²) in [6, 6.07) is 14.9. The standard InChI is InChI=1S/C21H24N2O5/c24-11-5-10-22-20(26)19(12-25)23-21(27)28-13-18-16-8-3-1-6-14(16)15-7-2-4-9-17(15)18/h1-4,6-9,18-19,24-25H,5,10-13H2,(H,22,26)(H,23,27). The van der Waals surface area contributed by atoms with Gasteiger partial charge in [-0.05, 0) is 28.7 Å². The Morgan fingerprint density at radius 3 is 2.18 bits per heavy atom. The Kier molecular flexibility index (Phi) is 6.62. The van der Waals surface area contributed by atoms with Gasteiger partial charge in [0.15, 0.2) is 0 Å². The van der Waals surface area contributed by atoms with Gasteiger partial charge in [-0.25, -0.2) is 4.79 Å². The first-order valence-corrected chi connectivity index (χ1v) is 9.26. The Labute approximate surface area is 163 Å². The number of hydrogen-bond donors (Lipinski definition) is 4. The van der Waals surface area contributed by atoms with Crippen molar-refractivity contribution in [1.29, 1.82) is 0 Å². The molecule has 0 heterocycles. The van der Waals surface area contributed by atoms with Gasteiger partial charge in [-0.15, -0.1) is 0 Å². The Balaban J connectivity index is 1.61. The molecule has 0 aliphatic heterocycles. The molecule has 3 rings (SSSR count). The zero-order chi connectivity index (χ0) is 19.9. The molecule has 0 spiro atoms. The van der Waals surface area contributed by atoms with Crippen LogP contribution in [0.2, 0.25) is 0 Å². The first-order valence-electron chi connectivity index (χ1n) is 9.26. The van der Waals surface area contributed by atoms with E-state index in [2.05, 4.69) is 10.6 Å². The molecule has 1 aliphatic carbocycles. The Morgan fingerprint density at radius 1 is 1.00 bits per heavy atom. The van der Waals surface area contributed by atoms with Crippen molar-refractivity contribution in [3.05, 3.63) is 59.7 Å². The third-order valence-electron chi connectivity index (χ3n) is 4.77. The molecule has 0 radical (unpaired) electrons. The molecule has 0 saturated carbocycles. The van der Waals surface area contributed by atoms with Crippen molar-refractivity contribution in [2.75, 3.05) is 26.4 Å². The van der Waals surface area contributed by atoms with E-state index in [0.29, 0.717) is 6.42 Å². The number of fused-ring (bicyclic) bond motifs is 3. The van der Waals surface area contributed by atoms with Gasteiger partial charge in [-0.2, -0.15) is 0 Å². The molecule has 4 N–H and O–H groups in total. The van der Waals surface area contributed by atoms with E-state index in [-0.39, 0.29) is 25.7 Å². The number of amides is 2. The lowest BCUT2D eigenvalue weighted by Crippen LogP contribution is -2.49. The summed E-state index contributed by atoms with van der Waals surface area (Å²) in [5, 5.41) is 23.0. The summed E-state index contributed by atoms with van der Waals surface area (Å²) in [7, 11) is 0. The summed E-state index contributed by atoms with van der Waals surface area (Å²) >= 11 is 0. The highest BCUT2D eigenvalue weighted by atomic mass is 16.5. The Hall–Kier alpha value is -2.90.